The van der Waals surface area contributed by atoms with Gasteiger partial charge in [0.15, 0.2) is 0 Å². The molecule has 0 bridgehead atoms. The number of amides is 4. The standard InChI is InChI=1S/C36H46N6O6S2/c1-22(2)29-21-49-32(38-29)28-19-30(25-12-11-23(3)18-27(25)37-28)48-17-13-26-31(43)40-36(33(44)41-50(46,47)35(4)14-15-35)20-24(36)10-8-6-7-9-16-42(5)34(45)39-26/h8,10-12,18-19,21-22,24,26H,6-7,9,13-17,20H2,1-5H3,(H,39,45)(H,40,43)(H,41,44)/b10-8-/t24-,26+,36-/m1/s1. The van der Waals surface area contributed by atoms with Crippen molar-refractivity contribution in [2.24, 2.45) is 5.92 Å². The first-order valence-electron chi connectivity index (χ1n) is 17.3. The van der Waals surface area contributed by atoms with Gasteiger partial charge >= 0.3 is 6.03 Å². The molecule has 3 N–H and O–H groups in total. The van der Waals surface area contributed by atoms with E-state index in [0.29, 0.717) is 30.8 Å². The van der Waals surface area contributed by atoms with E-state index < -0.39 is 44.2 Å². The zero-order chi connectivity index (χ0) is 35.8. The molecular weight excluding hydrogens is 677 g/mol. The normalized spacial score (nSPS) is 24.5. The lowest BCUT2D eigenvalue weighted by Crippen LogP contribution is -2.58. The number of aromatic nitrogens is 2. The third-order valence-corrected chi connectivity index (χ3v) is 13.0. The lowest BCUT2D eigenvalue weighted by Gasteiger charge is -2.26. The van der Waals surface area contributed by atoms with Crippen molar-refractivity contribution in [1.29, 1.82) is 0 Å². The van der Waals surface area contributed by atoms with Crippen molar-refractivity contribution < 1.29 is 27.5 Å². The minimum absolute atomic E-state index is 0.0544. The monoisotopic (exact) mass is 722 g/mol. The number of urea groups is 1. The topological polar surface area (TPSA) is 160 Å². The Bertz CT molecular complexity index is 1940. The van der Waals surface area contributed by atoms with Crippen LogP contribution in [0.3, 0.4) is 0 Å². The van der Waals surface area contributed by atoms with Gasteiger partial charge in [-0.15, -0.1) is 11.3 Å². The Morgan fingerprint density at radius 1 is 1.18 bits per heavy atom. The van der Waals surface area contributed by atoms with Crippen LogP contribution in [0.15, 0.2) is 41.8 Å². The Balaban J connectivity index is 1.25. The Labute approximate surface area is 297 Å². The van der Waals surface area contributed by atoms with Gasteiger partial charge in [0.1, 0.15) is 28.0 Å². The molecule has 0 radical (unpaired) electrons. The number of hydrogen-bond acceptors (Lipinski definition) is 9. The summed E-state index contributed by atoms with van der Waals surface area (Å²) < 4.78 is 33.6. The molecule has 14 heteroatoms. The van der Waals surface area contributed by atoms with E-state index in [4.69, 9.17) is 14.7 Å². The highest BCUT2D eigenvalue weighted by Crippen LogP contribution is 2.47. The molecule has 3 heterocycles. The number of aryl methyl sites for hydroxylation is 1. The van der Waals surface area contributed by atoms with Crippen LogP contribution in [0.4, 0.5) is 4.79 Å². The zero-order valence-electron chi connectivity index (χ0n) is 29.2. The smallest absolute Gasteiger partial charge is 0.317 e. The molecule has 2 aliphatic carbocycles. The zero-order valence-corrected chi connectivity index (χ0v) is 30.9. The first kappa shape index (κ1) is 35.8. The molecule has 2 aromatic heterocycles. The van der Waals surface area contributed by atoms with E-state index >= 15 is 0 Å². The van der Waals surface area contributed by atoms with Crippen LogP contribution in [0.1, 0.15) is 82.9 Å². The number of benzene rings is 1. The van der Waals surface area contributed by atoms with Crippen molar-refractivity contribution in [1.82, 2.24) is 30.2 Å². The Morgan fingerprint density at radius 3 is 2.68 bits per heavy atom. The highest BCUT2D eigenvalue weighted by Gasteiger charge is 2.62. The van der Waals surface area contributed by atoms with Crippen molar-refractivity contribution in [3.05, 3.63) is 53.1 Å². The molecular formula is C36H46N6O6S2. The van der Waals surface area contributed by atoms with E-state index in [1.165, 1.54) is 16.2 Å². The van der Waals surface area contributed by atoms with Crippen LogP contribution < -0.4 is 20.1 Å². The number of rotatable bonds is 9. The van der Waals surface area contributed by atoms with Gasteiger partial charge in [-0.1, -0.05) is 32.1 Å². The van der Waals surface area contributed by atoms with Crippen LogP contribution in [0, 0.1) is 12.8 Å². The van der Waals surface area contributed by atoms with Gasteiger partial charge in [0.05, 0.1) is 22.6 Å². The number of thiazole rings is 1. The molecule has 268 valence electrons. The lowest BCUT2D eigenvalue weighted by atomic mass is 10.1. The summed E-state index contributed by atoms with van der Waals surface area (Å²) in [7, 11) is -2.25. The highest BCUT2D eigenvalue weighted by atomic mass is 32.2. The molecule has 6 rings (SSSR count). The molecule has 1 aliphatic heterocycles. The summed E-state index contributed by atoms with van der Waals surface area (Å²) in [4.78, 5) is 52.0. The molecule has 3 atom stereocenters. The summed E-state index contributed by atoms with van der Waals surface area (Å²) in [5, 5.41) is 9.30. The predicted molar refractivity (Wildman–Crippen MR) is 193 cm³/mol. The summed E-state index contributed by atoms with van der Waals surface area (Å²) in [6, 6.07) is 6.27. The van der Waals surface area contributed by atoms with Gasteiger partial charge in [-0.05, 0) is 76.0 Å². The maximum Gasteiger partial charge on any atom is 0.317 e. The second-order valence-electron chi connectivity index (χ2n) is 14.4. The first-order valence-corrected chi connectivity index (χ1v) is 19.6. The Hall–Kier alpha value is -4.04. The number of carbonyl (C=O) groups is 3. The van der Waals surface area contributed by atoms with Gasteiger partial charge in [-0.3, -0.25) is 14.3 Å². The second-order valence-corrected chi connectivity index (χ2v) is 17.5. The molecule has 2 fully saturated rings. The molecule has 4 amide bonds. The van der Waals surface area contributed by atoms with Crippen molar-refractivity contribution in [2.75, 3.05) is 20.2 Å². The number of pyridine rings is 1. The van der Waals surface area contributed by atoms with Crippen LogP contribution in [-0.4, -0.2) is 77.7 Å². The van der Waals surface area contributed by atoms with E-state index in [1.54, 1.807) is 14.0 Å². The third-order valence-electron chi connectivity index (χ3n) is 9.96. The minimum Gasteiger partial charge on any atom is -0.493 e. The van der Waals surface area contributed by atoms with Crippen LogP contribution in [0.2, 0.25) is 0 Å². The molecule has 0 unspecified atom stereocenters. The Morgan fingerprint density at radius 2 is 1.96 bits per heavy atom. The minimum atomic E-state index is -3.93. The van der Waals surface area contributed by atoms with Crippen molar-refractivity contribution >= 4 is 50.1 Å². The van der Waals surface area contributed by atoms with Crippen LogP contribution in [-0.2, 0) is 19.6 Å². The lowest BCUT2D eigenvalue weighted by molar-refractivity contribution is -0.130. The number of ether oxygens (including phenoxy) is 1. The molecule has 0 saturated heterocycles. The number of carbonyl (C=O) groups excluding carboxylic acids is 3. The van der Waals surface area contributed by atoms with E-state index in [9.17, 15) is 22.8 Å². The summed E-state index contributed by atoms with van der Waals surface area (Å²) in [5.41, 5.74) is 2.01. The SMILES string of the molecule is Cc1ccc2c(OCC[C@@H]3NC(=O)N(C)CCCC/C=C\[C@@H]4C[C@@]4(C(=O)NS(=O)(=O)C4(C)CC4)NC3=O)cc(-c3nc(C(C)C)cs3)nc2c1. The average Bonchev–Trinajstić information content (AvgIpc) is 3.92. The quantitative estimate of drug-likeness (QED) is 0.255. The van der Waals surface area contributed by atoms with E-state index in [2.05, 4.69) is 29.2 Å². The summed E-state index contributed by atoms with van der Waals surface area (Å²) >= 11 is 1.52. The van der Waals surface area contributed by atoms with Gasteiger partial charge in [-0.25, -0.2) is 23.2 Å². The van der Waals surface area contributed by atoms with Gasteiger partial charge in [0.25, 0.3) is 5.91 Å². The van der Waals surface area contributed by atoms with Gasteiger partial charge < -0.3 is 20.3 Å². The Kier molecular flexibility index (Phi) is 9.97. The van der Waals surface area contributed by atoms with Gasteiger partial charge in [-0.2, -0.15) is 0 Å². The number of nitrogens with zero attached hydrogens (tertiary/aromatic N) is 3. The van der Waals surface area contributed by atoms with Gasteiger partial charge in [0, 0.05) is 42.8 Å². The van der Waals surface area contributed by atoms with Crippen molar-refractivity contribution in [2.45, 2.75) is 94.9 Å². The predicted octanol–water partition coefficient (Wildman–Crippen LogP) is 5.18. The number of nitrogens with one attached hydrogen (secondary N) is 3. The van der Waals surface area contributed by atoms with Crippen LogP contribution in [0.5, 0.6) is 5.75 Å². The fraction of sp³-hybridized carbons (Fsp3) is 0.528. The fourth-order valence-corrected chi connectivity index (χ4v) is 8.32. The molecule has 3 aliphatic rings. The molecule has 50 heavy (non-hydrogen) atoms. The van der Waals surface area contributed by atoms with Crippen molar-refractivity contribution in [3.63, 3.8) is 0 Å². The second kappa shape index (κ2) is 13.9. The van der Waals surface area contributed by atoms with Crippen LogP contribution >= 0.6 is 11.3 Å². The fourth-order valence-electron chi connectivity index (χ4n) is 6.06. The average molecular weight is 723 g/mol. The third kappa shape index (κ3) is 7.51. The number of sulfonamides is 1. The number of fused-ring (bicyclic) bond motifs is 2. The molecule has 0 spiro atoms. The van der Waals surface area contributed by atoms with E-state index in [-0.39, 0.29) is 31.3 Å². The van der Waals surface area contributed by atoms with Crippen LogP contribution in [0.25, 0.3) is 21.6 Å². The molecule has 3 aromatic rings. The highest BCUT2D eigenvalue weighted by molar-refractivity contribution is 7.91. The number of hydrogen-bond donors (Lipinski definition) is 3. The largest absolute Gasteiger partial charge is 0.493 e. The van der Waals surface area contributed by atoms with Crippen molar-refractivity contribution in [3.8, 4) is 16.5 Å². The first-order chi connectivity index (χ1) is 23.7. The van der Waals surface area contributed by atoms with Gasteiger partial charge in [0.2, 0.25) is 15.9 Å². The maximum atomic E-state index is 14.0. The summed E-state index contributed by atoms with van der Waals surface area (Å²) in [5.74, 6) is -0.879. The molecule has 2 saturated carbocycles. The van der Waals surface area contributed by atoms with E-state index in [1.807, 2.05) is 48.7 Å². The summed E-state index contributed by atoms with van der Waals surface area (Å²) in [6.45, 7) is 8.35. The van der Waals surface area contributed by atoms with E-state index in [0.717, 1.165) is 46.4 Å². The maximum absolute atomic E-state index is 14.0. The molecule has 12 nitrogen and oxygen atoms in total. The summed E-state index contributed by atoms with van der Waals surface area (Å²) in [6.07, 6.45) is 7.45. The number of allylic oxidation sites excluding steroid dienone is 1. The molecule has 1 aromatic carbocycles.